The van der Waals surface area contributed by atoms with Gasteiger partial charge in [-0.15, -0.1) is 0 Å². The minimum atomic E-state index is -0.223. The van der Waals surface area contributed by atoms with Crippen LogP contribution in [-0.4, -0.2) is 16.5 Å². The molecule has 4 rings (SSSR count). The van der Waals surface area contributed by atoms with Crippen LogP contribution in [0.25, 0.3) is 10.9 Å². The summed E-state index contributed by atoms with van der Waals surface area (Å²) in [5, 5.41) is 9.89. The number of aromatic amines is 1. The number of nitrogens with zero attached hydrogens (tertiary/aromatic N) is 3. The fourth-order valence-electron chi connectivity index (χ4n) is 3.05. The summed E-state index contributed by atoms with van der Waals surface area (Å²) in [7, 11) is 0. The van der Waals surface area contributed by atoms with Crippen LogP contribution in [0.3, 0.4) is 0 Å². The van der Waals surface area contributed by atoms with Crippen molar-refractivity contribution in [1.29, 1.82) is 5.26 Å². The van der Waals surface area contributed by atoms with Crippen molar-refractivity contribution in [3.05, 3.63) is 59.3 Å². The first-order valence-corrected chi connectivity index (χ1v) is 7.14. The molecule has 0 saturated heterocycles. The number of benzene rings is 1. The highest BCUT2D eigenvalue weighted by Gasteiger charge is 2.21. The third kappa shape index (κ3) is 2.01. The largest absolute Gasteiger partial charge is 0.365 e. The molecule has 1 aliphatic heterocycles. The quantitative estimate of drug-likeness (QED) is 0.749. The fourth-order valence-corrected chi connectivity index (χ4v) is 3.05. The van der Waals surface area contributed by atoms with Gasteiger partial charge in [0.1, 0.15) is 17.6 Å². The molecule has 1 aliphatic rings. The maximum atomic E-state index is 13.3. The van der Waals surface area contributed by atoms with Gasteiger partial charge >= 0.3 is 0 Å². The lowest BCUT2D eigenvalue weighted by Gasteiger charge is -2.29. The molecule has 1 aromatic carbocycles. The molecule has 2 aromatic heterocycles. The monoisotopic (exact) mass is 292 g/mol. The van der Waals surface area contributed by atoms with Gasteiger partial charge < -0.3 is 9.88 Å². The smallest absolute Gasteiger partial charge is 0.140 e. The first kappa shape index (κ1) is 12.8. The Labute approximate surface area is 126 Å². The van der Waals surface area contributed by atoms with Crippen molar-refractivity contribution in [3.8, 4) is 6.07 Å². The van der Waals surface area contributed by atoms with Crippen LogP contribution in [0.4, 0.5) is 10.1 Å². The van der Waals surface area contributed by atoms with Crippen molar-refractivity contribution in [3.63, 3.8) is 0 Å². The molecule has 0 aliphatic carbocycles. The molecule has 3 aromatic rings. The van der Waals surface area contributed by atoms with E-state index < -0.39 is 0 Å². The van der Waals surface area contributed by atoms with Gasteiger partial charge in [0.15, 0.2) is 0 Å². The van der Waals surface area contributed by atoms with E-state index in [2.05, 4.69) is 14.9 Å². The average Bonchev–Trinajstić information content (AvgIpc) is 2.91. The Morgan fingerprint density at radius 1 is 1.27 bits per heavy atom. The average molecular weight is 292 g/mol. The van der Waals surface area contributed by atoms with E-state index in [9.17, 15) is 4.39 Å². The Hall–Kier alpha value is -2.87. The Bertz CT molecular complexity index is 889. The number of hydrogen-bond acceptors (Lipinski definition) is 3. The number of hydrogen-bond donors (Lipinski definition) is 1. The molecule has 0 atom stereocenters. The molecule has 108 valence electrons. The van der Waals surface area contributed by atoms with Gasteiger partial charge in [0.2, 0.25) is 0 Å². The maximum absolute atomic E-state index is 13.3. The van der Waals surface area contributed by atoms with Gasteiger partial charge in [-0.25, -0.2) is 9.37 Å². The summed E-state index contributed by atoms with van der Waals surface area (Å²) in [6.45, 7) is 1.63. The molecule has 0 amide bonds. The predicted molar refractivity (Wildman–Crippen MR) is 82.0 cm³/mol. The van der Waals surface area contributed by atoms with Gasteiger partial charge in [-0.05, 0) is 30.3 Å². The number of H-pyrrole nitrogens is 1. The molecule has 22 heavy (non-hydrogen) atoms. The molecule has 3 heterocycles. The third-order valence-electron chi connectivity index (χ3n) is 4.16. The Balaban J connectivity index is 1.71. The summed E-state index contributed by atoms with van der Waals surface area (Å²) in [6, 6.07) is 10.6. The SMILES string of the molecule is N#Cc1ccc(N2CCc3[nH]c4cc(F)ccc4c3C2)cn1. The second-order valence-electron chi connectivity index (χ2n) is 5.46. The number of nitrogens with one attached hydrogen (secondary N) is 1. The second kappa shape index (κ2) is 4.85. The van der Waals surface area contributed by atoms with Crippen molar-refractivity contribution in [1.82, 2.24) is 9.97 Å². The zero-order valence-corrected chi connectivity index (χ0v) is 11.8. The van der Waals surface area contributed by atoms with E-state index in [1.807, 2.05) is 18.2 Å². The highest BCUT2D eigenvalue weighted by atomic mass is 19.1. The topological polar surface area (TPSA) is 55.7 Å². The van der Waals surface area contributed by atoms with E-state index in [1.165, 1.54) is 17.3 Å². The standard InChI is InChI=1S/C17H13FN4/c18-11-1-4-14-15-10-22(6-5-16(15)21-17(14)7-11)13-3-2-12(8-19)20-9-13/h1-4,7,9,21H,5-6,10H2. The maximum Gasteiger partial charge on any atom is 0.140 e. The van der Waals surface area contributed by atoms with Crippen LogP contribution in [-0.2, 0) is 13.0 Å². The summed E-state index contributed by atoms with van der Waals surface area (Å²) < 4.78 is 13.3. The summed E-state index contributed by atoms with van der Waals surface area (Å²) in [4.78, 5) is 9.68. The van der Waals surface area contributed by atoms with Crippen LogP contribution in [0.5, 0.6) is 0 Å². The van der Waals surface area contributed by atoms with Crippen molar-refractivity contribution in [2.24, 2.45) is 0 Å². The highest BCUT2D eigenvalue weighted by Crippen LogP contribution is 2.30. The van der Waals surface area contributed by atoms with E-state index in [1.54, 1.807) is 18.3 Å². The molecule has 4 nitrogen and oxygen atoms in total. The lowest BCUT2D eigenvalue weighted by Crippen LogP contribution is -2.30. The number of nitriles is 1. The van der Waals surface area contributed by atoms with E-state index in [0.29, 0.717) is 5.69 Å². The van der Waals surface area contributed by atoms with Crippen LogP contribution < -0.4 is 4.90 Å². The molecule has 5 heteroatoms. The molecule has 0 spiro atoms. The number of aromatic nitrogens is 2. The Kier molecular flexibility index (Phi) is 2.83. The van der Waals surface area contributed by atoms with Crippen LogP contribution in [0.2, 0.25) is 0 Å². The van der Waals surface area contributed by atoms with Crippen molar-refractivity contribution in [2.75, 3.05) is 11.4 Å². The minimum absolute atomic E-state index is 0.223. The van der Waals surface area contributed by atoms with E-state index in [4.69, 9.17) is 5.26 Å². The zero-order chi connectivity index (χ0) is 15.1. The third-order valence-corrected chi connectivity index (χ3v) is 4.16. The summed E-state index contributed by atoms with van der Waals surface area (Å²) in [6.07, 6.45) is 2.61. The van der Waals surface area contributed by atoms with Crippen molar-refractivity contribution >= 4 is 16.6 Å². The first-order chi connectivity index (χ1) is 10.7. The van der Waals surface area contributed by atoms with Crippen molar-refractivity contribution < 1.29 is 4.39 Å². The molecular weight excluding hydrogens is 279 g/mol. The number of rotatable bonds is 1. The number of anilines is 1. The van der Waals surface area contributed by atoms with E-state index >= 15 is 0 Å². The van der Waals surface area contributed by atoms with Gasteiger partial charge in [-0.3, -0.25) is 0 Å². The summed E-state index contributed by atoms with van der Waals surface area (Å²) in [5.74, 6) is -0.223. The predicted octanol–water partition coefficient (Wildman–Crippen LogP) is 3.14. The normalized spacial score (nSPS) is 13.9. The second-order valence-corrected chi connectivity index (χ2v) is 5.46. The van der Waals surface area contributed by atoms with Gasteiger partial charge in [0.25, 0.3) is 0 Å². The highest BCUT2D eigenvalue weighted by molar-refractivity contribution is 5.85. The Morgan fingerprint density at radius 3 is 2.95 bits per heavy atom. The van der Waals surface area contributed by atoms with Gasteiger partial charge in [0, 0.05) is 41.7 Å². The molecule has 0 radical (unpaired) electrons. The van der Waals surface area contributed by atoms with E-state index in [-0.39, 0.29) is 5.82 Å². The summed E-state index contributed by atoms with van der Waals surface area (Å²) in [5.41, 5.74) is 4.67. The fraction of sp³-hybridized carbons (Fsp3) is 0.176. The molecule has 0 bridgehead atoms. The van der Waals surface area contributed by atoms with Gasteiger partial charge in [-0.1, -0.05) is 0 Å². The van der Waals surface area contributed by atoms with Crippen LogP contribution in [0, 0.1) is 17.1 Å². The summed E-state index contributed by atoms with van der Waals surface area (Å²) >= 11 is 0. The molecule has 0 saturated carbocycles. The van der Waals surface area contributed by atoms with E-state index in [0.717, 1.165) is 36.1 Å². The first-order valence-electron chi connectivity index (χ1n) is 7.14. The zero-order valence-electron chi connectivity index (χ0n) is 11.8. The molecule has 0 fully saturated rings. The van der Waals surface area contributed by atoms with Crippen LogP contribution in [0.15, 0.2) is 36.5 Å². The van der Waals surface area contributed by atoms with Crippen LogP contribution in [0.1, 0.15) is 17.0 Å². The van der Waals surface area contributed by atoms with Crippen LogP contribution >= 0.6 is 0 Å². The van der Waals surface area contributed by atoms with Gasteiger partial charge in [0.05, 0.1) is 11.9 Å². The number of fused-ring (bicyclic) bond motifs is 3. The molecular formula is C17H13FN4. The molecule has 1 N–H and O–H groups in total. The number of pyridine rings is 1. The van der Waals surface area contributed by atoms with Crippen molar-refractivity contribution in [2.45, 2.75) is 13.0 Å². The van der Waals surface area contributed by atoms with Gasteiger partial charge in [-0.2, -0.15) is 5.26 Å². The lowest BCUT2D eigenvalue weighted by molar-refractivity contribution is 0.629. The molecule has 0 unspecified atom stereocenters. The lowest BCUT2D eigenvalue weighted by atomic mass is 10.0. The number of halogens is 1. The Morgan fingerprint density at radius 2 is 2.18 bits per heavy atom. The minimum Gasteiger partial charge on any atom is -0.365 e.